The Morgan fingerprint density at radius 3 is 0.600 bits per heavy atom. The Bertz CT molecular complexity index is 277. The van der Waals surface area contributed by atoms with E-state index in [0.717, 1.165) is 0 Å². The van der Waals surface area contributed by atoms with Crippen LogP contribution in [0, 0.1) is 0 Å². The van der Waals surface area contributed by atoms with Crippen LogP contribution in [0.4, 0.5) is 0 Å². The van der Waals surface area contributed by atoms with Crippen LogP contribution < -0.4 is 7.38 Å². The second-order valence-corrected chi connectivity index (χ2v) is 9.50. The number of quaternary nitrogens is 2. The fourth-order valence-corrected chi connectivity index (χ4v) is 5.14. The van der Waals surface area contributed by atoms with Crippen LogP contribution in [0.3, 0.4) is 0 Å². The van der Waals surface area contributed by atoms with E-state index in [0.29, 0.717) is 0 Å². The summed E-state index contributed by atoms with van der Waals surface area (Å²) in [6, 6.07) is 0. The first kappa shape index (κ1) is 35.0. The quantitative estimate of drug-likeness (QED) is 0.249. The van der Waals surface area contributed by atoms with Crippen LogP contribution in [0.15, 0.2) is 0 Å². The Balaban J connectivity index is -0.000000412. The van der Waals surface area contributed by atoms with Gasteiger partial charge in [0, 0.05) is 0 Å². The van der Waals surface area contributed by atoms with Crippen molar-refractivity contribution in [1.82, 2.24) is 0 Å². The first-order valence-corrected chi connectivity index (χ1v) is 14.7. The molecule has 0 bridgehead atoms. The predicted octanol–water partition coefficient (Wildman–Crippen LogP) is 4.39. The number of rotatable bonds is 16. The molecule has 6 heteroatoms. The second-order valence-electron chi connectivity index (χ2n) is 8.72. The summed E-state index contributed by atoms with van der Waals surface area (Å²) in [5, 5.41) is 0. The third-order valence-electron chi connectivity index (χ3n) is 5.58. The van der Waals surface area contributed by atoms with E-state index in [1.807, 2.05) is 0 Å². The molecule has 0 unspecified atom stereocenters. The first-order chi connectivity index (χ1) is 14.2. The van der Waals surface area contributed by atoms with Gasteiger partial charge < -0.3 is 8.97 Å². The minimum absolute atomic E-state index is 1.33. The van der Waals surface area contributed by atoms with E-state index in [9.17, 15) is 0 Å². The van der Waals surface area contributed by atoms with E-state index in [1.54, 1.807) is 0 Å². The number of nitrogens with zero attached hydrogens (tertiary/aromatic N) is 2. The standard InChI is InChI=1S/2C12H28N.3O.Ti/c2*1-5-9-13(10-6-2,11-7-3)12-8-4;;;;/h2*5-12H2,1-4H3;;;;/q2*+1;;2*-1;. The van der Waals surface area contributed by atoms with Crippen LogP contribution in [0.2, 0.25) is 0 Å². The van der Waals surface area contributed by atoms with Crippen molar-refractivity contribution in [2.45, 2.75) is 107 Å². The summed E-state index contributed by atoms with van der Waals surface area (Å²) in [7, 11) is 0. The van der Waals surface area contributed by atoms with Gasteiger partial charge in [-0.15, -0.1) is 0 Å². The first-order valence-electron chi connectivity index (χ1n) is 12.8. The zero-order chi connectivity index (χ0) is 23.9. The molecule has 0 spiro atoms. The summed E-state index contributed by atoms with van der Waals surface area (Å²) in [5.41, 5.74) is 0. The van der Waals surface area contributed by atoms with Gasteiger partial charge in [0.25, 0.3) is 0 Å². The van der Waals surface area contributed by atoms with Crippen molar-refractivity contribution >= 4 is 0 Å². The molecule has 0 saturated carbocycles. The fourth-order valence-electron chi connectivity index (χ4n) is 5.14. The van der Waals surface area contributed by atoms with E-state index in [-0.39, 0.29) is 0 Å². The van der Waals surface area contributed by atoms with Gasteiger partial charge in [0.15, 0.2) is 0 Å². The SMILES string of the molecule is CCC[N+](CCC)(CCC)CCC.CCC[N+](CCC)(CCC)CCC.[O]=[Ti]([O-])[O-]. The van der Waals surface area contributed by atoms with Crippen molar-refractivity contribution in [3.05, 3.63) is 0 Å². The number of hydrogen-bond acceptors (Lipinski definition) is 3. The van der Waals surface area contributed by atoms with Crippen molar-refractivity contribution in [3.63, 3.8) is 0 Å². The van der Waals surface area contributed by atoms with Crippen LogP contribution in [-0.4, -0.2) is 61.3 Å². The van der Waals surface area contributed by atoms with E-state index in [4.69, 9.17) is 10.7 Å². The monoisotopic (exact) mass is 468 g/mol. The van der Waals surface area contributed by atoms with Gasteiger partial charge in [-0.1, -0.05) is 55.4 Å². The Labute approximate surface area is 197 Å². The fraction of sp³-hybridized carbons (Fsp3) is 1.00. The maximum absolute atomic E-state index is 8.58. The van der Waals surface area contributed by atoms with Crippen molar-refractivity contribution < 1.29 is 38.3 Å². The molecule has 0 aromatic heterocycles. The van der Waals surface area contributed by atoms with Crippen molar-refractivity contribution in [2.75, 3.05) is 52.4 Å². The Morgan fingerprint density at radius 1 is 0.433 bits per heavy atom. The summed E-state index contributed by atoms with van der Waals surface area (Å²) < 4.78 is 28.5. The summed E-state index contributed by atoms with van der Waals surface area (Å²) >= 11 is -4.08. The Morgan fingerprint density at radius 2 is 0.533 bits per heavy atom. The summed E-state index contributed by atoms with van der Waals surface area (Å²) in [6.45, 7) is 29.6. The molecule has 0 atom stereocenters. The average molecular weight is 469 g/mol. The van der Waals surface area contributed by atoms with Gasteiger partial charge in [-0.3, -0.25) is 0 Å². The third-order valence-corrected chi connectivity index (χ3v) is 5.58. The summed E-state index contributed by atoms with van der Waals surface area (Å²) in [5.74, 6) is 0. The molecule has 0 heterocycles. The second kappa shape index (κ2) is 24.0. The molecule has 0 aliphatic rings. The molecule has 0 aliphatic carbocycles. The molecule has 0 aromatic rings. The molecule has 0 fully saturated rings. The molecule has 0 saturated heterocycles. The molecule has 184 valence electrons. The van der Waals surface area contributed by atoms with Crippen LogP contribution >= 0.6 is 0 Å². The average Bonchev–Trinajstić information content (AvgIpc) is 2.64. The Kier molecular flexibility index (Phi) is 28.0. The molecule has 30 heavy (non-hydrogen) atoms. The molecule has 0 aromatic carbocycles. The van der Waals surface area contributed by atoms with Crippen molar-refractivity contribution in [2.24, 2.45) is 0 Å². The van der Waals surface area contributed by atoms with Crippen LogP contribution in [0.25, 0.3) is 0 Å². The number of hydrogen-bond donors (Lipinski definition) is 0. The summed E-state index contributed by atoms with van der Waals surface area (Å²) in [6.07, 6.45) is 10.7. The summed E-state index contributed by atoms with van der Waals surface area (Å²) in [4.78, 5) is 0. The molecule has 0 rings (SSSR count). The van der Waals surface area contributed by atoms with Gasteiger partial charge in [-0.2, -0.15) is 0 Å². The normalized spacial score (nSPS) is 11.3. The van der Waals surface area contributed by atoms with E-state index in [2.05, 4.69) is 55.4 Å². The minimum atomic E-state index is -4.08. The molecule has 5 nitrogen and oxygen atoms in total. The maximum atomic E-state index is 8.58. The molecule has 0 aliphatic heterocycles. The van der Waals surface area contributed by atoms with Crippen molar-refractivity contribution in [1.29, 1.82) is 0 Å². The van der Waals surface area contributed by atoms with Gasteiger partial charge in [0.05, 0.1) is 52.4 Å². The van der Waals surface area contributed by atoms with E-state index < -0.39 is 18.6 Å². The van der Waals surface area contributed by atoms with Crippen LogP contribution in [0.5, 0.6) is 0 Å². The third kappa shape index (κ3) is 20.3. The predicted molar refractivity (Wildman–Crippen MR) is 122 cm³/mol. The molecular weight excluding hydrogens is 412 g/mol. The van der Waals surface area contributed by atoms with Gasteiger partial charge >= 0.3 is 29.3 Å². The van der Waals surface area contributed by atoms with Gasteiger partial charge in [0.2, 0.25) is 0 Å². The van der Waals surface area contributed by atoms with E-state index in [1.165, 1.54) is 113 Å². The van der Waals surface area contributed by atoms with Gasteiger partial charge in [-0.25, -0.2) is 0 Å². The van der Waals surface area contributed by atoms with Gasteiger partial charge in [-0.05, 0) is 51.4 Å². The molecule has 0 N–H and O–H groups in total. The zero-order valence-corrected chi connectivity index (χ0v) is 23.5. The Hall–Kier alpha value is 0.354. The molecular formula is C24H56N2O3Ti. The molecule has 0 amide bonds. The van der Waals surface area contributed by atoms with Crippen LogP contribution in [-0.2, 0) is 21.9 Å². The van der Waals surface area contributed by atoms with E-state index >= 15 is 0 Å². The zero-order valence-electron chi connectivity index (χ0n) is 21.9. The van der Waals surface area contributed by atoms with Crippen molar-refractivity contribution in [3.8, 4) is 0 Å². The van der Waals surface area contributed by atoms with Crippen LogP contribution in [0.1, 0.15) is 107 Å². The molecule has 0 radical (unpaired) electrons. The van der Waals surface area contributed by atoms with Gasteiger partial charge in [0.1, 0.15) is 0 Å². The topological polar surface area (TPSA) is 63.2 Å².